The molecule has 6 heteroatoms. The number of esters is 1. The Morgan fingerprint density at radius 3 is 2.88 bits per heavy atom. The number of amides is 1. The zero-order valence-electron chi connectivity index (χ0n) is 13.0. The van der Waals surface area contributed by atoms with Crippen molar-refractivity contribution >= 4 is 29.2 Å². The van der Waals surface area contributed by atoms with Crippen molar-refractivity contribution in [2.75, 3.05) is 11.9 Å². The molecule has 2 aromatic rings. The molecule has 124 valence electrons. The van der Waals surface area contributed by atoms with E-state index in [-0.39, 0.29) is 18.2 Å². The Hall–Kier alpha value is -2.40. The average Bonchev–Trinajstić information content (AvgIpc) is 3.03. The van der Waals surface area contributed by atoms with E-state index in [0.717, 1.165) is 18.4 Å². The number of aromatic nitrogens is 1. The molecule has 1 amide bonds. The van der Waals surface area contributed by atoms with E-state index in [0.29, 0.717) is 5.69 Å². The molecule has 1 N–H and O–H groups in total. The van der Waals surface area contributed by atoms with Crippen LogP contribution in [0.25, 0.3) is 0 Å². The van der Waals surface area contributed by atoms with Gasteiger partial charge in [-0.25, -0.2) is 4.98 Å². The van der Waals surface area contributed by atoms with Crippen molar-refractivity contribution in [3.05, 3.63) is 58.4 Å². The monoisotopic (exact) mass is 344 g/mol. The molecule has 0 saturated heterocycles. The number of pyridine rings is 1. The van der Waals surface area contributed by atoms with Gasteiger partial charge >= 0.3 is 5.97 Å². The summed E-state index contributed by atoms with van der Waals surface area (Å²) < 4.78 is 5.02. The van der Waals surface area contributed by atoms with Crippen molar-refractivity contribution in [1.82, 2.24) is 4.98 Å². The van der Waals surface area contributed by atoms with Crippen molar-refractivity contribution in [3.63, 3.8) is 0 Å². The zero-order valence-corrected chi connectivity index (χ0v) is 13.8. The van der Waals surface area contributed by atoms with Gasteiger partial charge < -0.3 is 10.1 Å². The Balaban J connectivity index is 1.49. The number of fused-ring (bicyclic) bond motifs is 1. The van der Waals surface area contributed by atoms with Crippen LogP contribution in [0.1, 0.15) is 23.1 Å². The van der Waals surface area contributed by atoms with Crippen LogP contribution in [-0.2, 0) is 33.6 Å². The SMILES string of the molecule is O=C(COC(=O)Cc1ccc2c(c1)CCC2)Nc1cccnc1Cl. The highest BCUT2D eigenvalue weighted by Gasteiger charge is 2.14. The summed E-state index contributed by atoms with van der Waals surface area (Å²) in [4.78, 5) is 27.6. The lowest BCUT2D eigenvalue weighted by Gasteiger charge is -2.08. The van der Waals surface area contributed by atoms with Gasteiger partial charge in [0.1, 0.15) is 0 Å². The van der Waals surface area contributed by atoms with Crippen LogP contribution in [0.15, 0.2) is 36.5 Å². The van der Waals surface area contributed by atoms with Crippen molar-refractivity contribution in [1.29, 1.82) is 0 Å². The number of halogens is 1. The number of nitrogens with zero attached hydrogens (tertiary/aromatic N) is 1. The molecule has 24 heavy (non-hydrogen) atoms. The summed E-state index contributed by atoms with van der Waals surface area (Å²) in [6.45, 7) is -0.352. The van der Waals surface area contributed by atoms with E-state index < -0.39 is 11.9 Å². The third kappa shape index (κ3) is 4.11. The van der Waals surface area contributed by atoms with Gasteiger partial charge in [0.15, 0.2) is 11.8 Å². The van der Waals surface area contributed by atoms with Gasteiger partial charge in [0.2, 0.25) is 0 Å². The van der Waals surface area contributed by atoms with Crippen LogP contribution in [0.4, 0.5) is 5.69 Å². The van der Waals surface area contributed by atoms with Crippen molar-refractivity contribution < 1.29 is 14.3 Å². The van der Waals surface area contributed by atoms with Gasteiger partial charge in [0.25, 0.3) is 5.91 Å². The number of aryl methyl sites for hydroxylation is 2. The van der Waals surface area contributed by atoms with Crippen LogP contribution in [0.3, 0.4) is 0 Å². The van der Waals surface area contributed by atoms with Crippen LogP contribution in [0, 0.1) is 0 Å². The van der Waals surface area contributed by atoms with Crippen LogP contribution in [0.2, 0.25) is 5.15 Å². The second kappa shape index (κ2) is 7.45. The second-order valence-electron chi connectivity index (χ2n) is 5.68. The molecular formula is C18H17ClN2O3. The number of hydrogen-bond acceptors (Lipinski definition) is 4. The number of anilines is 1. The van der Waals surface area contributed by atoms with Gasteiger partial charge in [-0.1, -0.05) is 29.8 Å². The Morgan fingerprint density at radius 2 is 2.04 bits per heavy atom. The molecule has 1 aliphatic carbocycles. The van der Waals surface area contributed by atoms with E-state index in [1.165, 1.54) is 23.7 Å². The van der Waals surface area contributed by atoms with E-state index in [4.69, 9.17) is 16.3 Å². The lowest BCUT2D eigenvalue weighted by atomic mass is 10.0. The van der Waals surface area contributed by atoms with E-state index in [1.54, 1.807) is 12.1 Å². The molecule has 0 atom stereocenters. The first-order valence-electron chi connectivity index (χ1n) is 7.78. The molecule has 3 rings (SSSR count). The average molecular weight is 345 g/mol. The molecular weight excluding hydrogens is 328 g/mol. The van der Waals surface area contributed by atoms with Gasteiger partial charge in [0, 0.05) is 6.20 Å². The van der Waals surface area contributed by atoms with Crippen LogP contribution >= 0.6 is 11.6 Å². The molecule has 0 unspecified atom stereocenters. The topological polar surface area (TPSA) is 68.3 Å². The molecule has 0 fully saturated rings. The quantitative estimate of drug-likeness (QED) is 0.669. The Bertz CT molecular complexity index is 777. The normalized spacial score (nSPS) is 12.5. The number of carbonyl (C=O) groups is 2. The molecule has 5 nitrogen and oxygen atoms in total. The van der Waals surface area contributed by atoms with Crippen molar-refractivity contribution in [2.45, 2.75) is 25.7 Å². The number of carbonyl (C=O) groups excluding carboxylic acids is 2. The number of hydrogen-bond donors (Lipinski definition) is 1. The largest absolute Gasteiger partial charge is 0.455 e. The maximum atomic E-state index is 11.9. The first kappa shape index (κ1) is 16.5. The number of nitrogens with one attached hydrogen (secondary N) is 1. The molecule has 0 saturated carbocycles. The molecule has 0 radical (unpaired) electrons. The minimum atomic E-state index is -0.452. The van der Waals surface area contributed by atoms with Gasteiger partial charge in [-0.05, 0) is 48.1 Å². The van der Waals surface area contributed by atoms with E-state index in [1.807, 2.05) is 6.07 Å². The lowest BCUT2D eigenvalue weighted by molar-refractivity contribution is -0.146. The first-order chi connectivity index (χ1) is 11.6. The smallest absolute Gasteiger partial charge is 0.310 e. The minimum Gasteiger partial charge on any atom is -0.455 e. The number of rotatable bonds is 5. The van der Waals surface area contributed by atoms with E-state index >= 15 is 0 Å². The molecule has 1 heterocycles. The molecule has 1 aliphatic rings. The third-order valence-electron chi connectivity index (χ3n) is 3.91. The third-order valence-corrected chi connectivity index (χ3v) is 4.21. The van der Waals surface area contributed by atoms with Crippen molar-refractivity contribution in [3.8, 4) is 0 Å². The van der Waals surface area contributed by atoms with Crippen molar-refractivity contribution in [2.24, 2.45) is 0 Å². The maximum absolute atomic E-state index is 11.9. The lowest BCUT2D eigenvalue weighted by Crippen LogP contribution is -2.22. The first-order valence-corrected chi connectivity index (χ1v) is 8.16. The summed E-state index contributed by atoms with van der Waals surface area (Å²) in [6.07, 6.45) is 5.02. The Kier molecular flexibility index (Phi) is 5.11. The predicted molar refractivity (Wildman–Crippen MR) is 91.0 cm³/mol. The molecule has 0 bridgehead atoms. The molecule has 0 aliphatic heterocycles. The fourth-order valence-corrected chi connectivity index (χ4v) is 2.93. The fraction of sp³-hybridized carbons (Fsp3) is 0.278. The second-order valence-corrected chi connectivity index (χ2v) is 6.04. The Labute approximate surface area is 145 Å². The van der Waals surface area contributed by atoms with Crippen LogP contribution < -0.4 is 5.32 Å². The molecule has 1 aromatic heterocycles. The Morgan fingerprint density at radius 1 is 1.21 bits per heavy atom. The maximum Gasteiger partial charge on any atom is 0.310 e. The highest BCUT2D eigenvalue weighted by atomic mass is 35.5. The standard InChI is InChI=1S/C18H17ClN2O3/c19-18-15(5-2-8-20-18)21-16(22)11-24-17(23)10-12-6-7-13-3-1-4-14(13)9-12/h2,5-9H,1,3-4,10-11H2,(H,21,22). The van der Waals surface area contributed by atoms with Gasteiger partial charge in [0.05, 0.1) is 12.1 Å². The molecule has 0 spiro atoms. The predicted octanol–water partition coefficient (Wildman–Crippen LogP) is 2.95. The van der Waals surface area contributed by atoms with Gasteiger partial charge in [-0.3, -0.25) is 9.59 Å². The minimum absolute atomic E-state index is 0.161. The highest BCUT2D eigenvalue weighted by molar-refractivity contribution is 6.32. The van der Waals surface area contributed by atoms with E-state index in [9.17, 15) is 9.59 Å². The van der Waals surface area contributed by atoms with Crippen LogP contribution in [-0.4, -0.2) is 23.5 Å². The summed E-state index contributed by atoms with van der Waals surface area (Å²) in [5, 5.41) is 2.74. The zero-order chi connectivity index (χ0) is 16.9. The highest BCUT2D eigenvalue weighted by Crippen LogP contribution is 2.23. The van der Waals surface area contributed by atoms with Gasteiger partial charge in [-0.2, -0.15) is 0 Å². The summed E-state index contributed by atoms with van der Waals surface area (Å²) in [5.41, 5.74) is 3.97. The number of benzene rings is 1. The van der Waals surface area contributed by atoms with E-state index in [2.05, 4.69) is 22.4 Å². The summed E-state index contributed by atoms with van der Waals surface area (Å²) >= 11 is 5.85. The number of ether oxygens (including phenoxy) is 1. The summed E-state index contributed by atoms with van der Waals surface area (Å²) in [6, 6.07) is 9.35. The van der Waals surface area contributed by atoms with Gasteiger partial charge in [-0.15, -0.1) is 0 Å². The molecule has 1 aromatic carbocycles. The van der Waals surface area contributed by atoms with Crippen LogP contribution in [0.5, 0.6) is 0 Å². The summed E-state index contributed by atoms with van der Waals surface area (Å²) in [5.74, 6) is -0.882. The summed E-state index contributed by atoms with van der Waals surface area (Å²) in [7, 11) is 0. The fourth-order valence-electron chi connectivity index (χ4n) is 2.76.